The Morgan fingerprint density at radius 2 is 1.95 bits per heavy atom. The van der Waals surface area contributed by atoms with E-state index in [0.29, 0.717) is 18.9 Å². The van der Waals surface area contributed by atoms with E-state index in [2.05, 4.69) is 5.32 Å². The van der Waals surface area contributed by atoms with Gasteiger partial charge in [-0.3, -0.25) is 9.59 Å². The summed E-state index contributed by atoms with van der Waals surface area (Å²) >= 11 is 5.94. The number of hydrogen-bond donors (Lipinski definition) is 3. The first-order valence-electron chi connectivity index (χ1n) is 6.72. The Kier molecular flexibility index (Phi) is 7.09. The molecular weight excluding hydrogens is 329 g/mol. The van der Waals surface area contributed by atoms with Crippen LogP contribution in [0.5, 0.6) is 0 Å². The number of ether oxygens (including phenoxy) is 1. The average Bonchev–Trinajstić information content (AvgIpc) is 2.47. The third-order valence-corrected chi connectivity index (χ3v) is 3.89. The van der Waals surface area contributed by atoms with Crippen LogP contribution in [0, 0.1) is 5.92 Å². The van der Waals surface area contributed by atoms with Gasteiger partial charge in [0.05, 0.1) is 16.6 Å². The number of nitrogens with one attached hydrogen (secondary N) is 1. The lowest BCUT2D eigenvalue weighted by atomic mass is 9.92. The van der Waals surface area contributed by atoms with E-state index >= 15 is 0 Å². The quantitative estimate of drug-likeness (QED) is 0.767. The van der Waals surface area contributed by atoms with Crippen LogP contribution in [0.4, 0.5) is 5.69 Å². The number of nitrogens with two attached hydrogens (primary N) is 2. The van der Waals surface area contributed by atoms with Crippen molar-refractivity contribution in [1.29, 1.82) is 0 Å². The zero-order chi connectivity index (χ0) is 15.4. The molecule has 0 radical (unpaired) electrons. The van der Waals surface area contributed by atoms with Gasteiger partial charge in [0.2, 0.25) is 11.8 Å². The van der Waals surface area contributed by atoms with E-state index in [1.165, 1.54) is 12.1 Å². The molecule has 1 aliphatic heterocycles. The molecule has 122 valence electrons. The van der Waals surface area contributed by atoms with E-state index in [9.17, 15) is 9.59 Å². The summed E-state index contributed by atoms with van der Waals surface area (Å²) in [7, 11) is 0. The average molecular weight is 348 g/mol. The maximum Gasteiger partial charge on any atom is 0.250 e. The summed E-state index contributed by atoms with van der Waals surface area (Å²) in [5.74, 6) is -0.777. The smallest absolute Gasteiger partial charge is 0.250 e. The summed E-state index contributed by atoms with van der Waals surface area (Å²) < 4.78 is 5.25. The van der Waals surface area contributed by atoms with Crippen molar-refractivity contribution in [2.75, 3.05) is 18.5 Å². The summed E-state index contributed by atoms with van der Waals surface area (Å²) in [4.78, 5) is 23.2. The second-order valence-corrected chi connectivity index (χ2v) is 5.43. The zero-order valence-corrected chi connectivity index (χ0v) is 13.5. The highest BCUT2D eigenvalue weighted by atomic mass is 35.5. The van der Waals surface area contributed by atoms with E-state index < -0.39 is 11.9 Å². The van der Waals surface area contributed by atoms with Gasteiger partial charge >= 0.3 is 0 Å². The van der Waals surface area contributed by atoms with Gasteiger partial charge in [-0.15, -0.1) is 12.4 Å². The van der Waals surface area contributed by atoms with Crippen LogP contribution in [-0.4, -0.2) is 31.1 Å². The largest absolute Gasteiger partial charge is 0.381 e. The molecule has 0 spiro atoms. The first-order valence-corrected chi connectivity index (χ1v) is 7.10. The van der Waals surface area contributed by atoms with Crippen LogP contribution in [0.25, 0.3) is 0 Å². The standard InChI is InChI=1S/C14H18ClN3O3.ClH/c15-11-7-9(1-2-10(11)13(17)19)18-14(20)12(16)8-3-5-21-6-4-8;/h1-2,7-8,12H,3-6,16H2,(H2,17,19)(H,18,20);1H. The molecule has 2 amide bonds. The van der Waals surface area contributed by atoms with Gasteiger partial charge in [-0.25, -0.2) is 0 Å². The third kappa shape index (κ3) is 4.58. The number of rotatable bonds is 4. The van der Waals surface area contributed by atoms with Crippen LogP contribution in [0.3, 0.4) is 0 Å². The molecule has 1 aliphatic rings. The van der Waals surface area contributed by atoms with Crippen LogP contribution in [0.1, 0.15) is 23.2 Å². The molecule has 1 fully saturated rings. The van der Waals surface area contributed by atoms with Crippen molar-refractivity contribution >= 4 is 41.5 Å². The Hall–Kier alpha value is -1.34. The predicted octanol–water partition coefficient (Wildman–Crippen LogP) is 1.55. The molecule has 5 N–H and O–H groups in total. The number of anilines is 1. The van der Waals surface area contributed by atoms with Gasteiger partial charge in [-0.1, -0.05) is 11.6 Å². The lowest BCUT2D eigenvalue weighted by Crippen LogP contribution is -2.44. The van der Waals surface area contributed by atoms with Crippen molar-refractivity contribution in [2.45, 2.75) is 18.9 Å². The fourth-order valence-corrected chi connectivity index (χ4v) is 2.58. The van der Waals surface area contributed by atoms with E-state index in [0.717, 1.165) is 12.8 Å². The van der Waals surface area contributed by atoms with Gasteiger partial charge in [0.25, 0.3) is 0 Å². The molecule has 1 heterocycles. The van der Waals surface area contributed by atoms with Gasteiger partial charge in [0.1, 0.15) is 0 Å². The zero-order valence-electron chi connectivity index (χ0n) is 11.9. The van der Waals surface area contributed by atoms with Gasteiger partial charge in [-0.05, 0) is 37.0 Å². The summed E-state index contributed by atoms with van der Waals surface area (Å²) in [6.07, 6.45) is 1.55. The van der Waals surface area contributed by atoms with E-state index in [1.54, 1.807) is 6.07 Å². The molecule has 22 heavy (non-hydrogen) atoms. The van der Waals surface area contributed by atoms with Gasteiger partial charge < -0.3 is 21.5 Å². The van der Waals surface area contributed by atoms with Crippen LogP contribution in [-0.2, 0) is 9.53 Å². The fraction of sp³-hybridized carbons (Fsp3) is 0.429. The highest BCUT2D eigenvalue weighted by Gasteiger charge is 2.26. The summed E-state index contributed by atoms with van der Waals surface area (Å²) in [5.41, 5.74) is 11.8. The number of halogens is 2. The lowest BCUT2D eigenvalue weighted by Gasteiger charge is -2.26. The molecule has 0 saturated carbocycles. The van der Waals surface area contributed by atoms with Crippen molar-refractivity contribution in [1.82, 2.24) is 0 Å². The van der Waals surface area contributed by atoms with E-state index in [4.69, 9.17) is 27.8 Å². The molecule has 0 aromatic heterocycles. The van der Waals surface area contributed by atoms with Crippen molar-refractivity contribution in [2.24, 2.45) is 17.4 Å². The van der Waals surface area contributed by atoms with E-state index in [-0.39, 0.29) is 34.8 Å². The molecule has 2 rings (SSSR count). The van der Waals surface area contributed by atoms with Crippen molar-refractivity contribution < 1.29 is 14.3 Å². The number of carbonyl (C=O) groups excluding carboxylic acids is 2. The normalized spacial score (nSPS) is 16.5. The highest BCUT2D eigenvalue weighted by molar-refractivity contribution is 6.34. The topological polar surface area (TPSA) is 107 Å². The van der Waals surface area contributed by atoms with Crippen LogP contribution in [0.2, 0.25) is 5.02 Å². The van der Waals surface area contributed by atoms with Crippen LogP contribution in [0.15, 0.2) is 18.2 Å². The van der Waals surface area contributed by atoms with Crippen molar-refractivity contribution in [3.8, 4) is 0 Å². The molecular formula is C14H19Cl2N3O3. The molecule has 1 aromatic rings. The van der Waals surface area contributed by atoms with Crippen molar-refractivity contribution in [3.05, 3.63) is 28.8 Å². The Labute approximate surface area is 139 Å². The van der Waals surface area contributed by atoms with Gasteiger partial charge in [-0.2, -0.15) is 0 Å². The predicted molar refractivity (Wildman–Crippen MR) is 87.4 cm³/mol. The van der Waals surface area contributed by atoms with Crippen LogP contribution >= 0.6 is 24.0 Å². The molecule has 0 aliphatic carbocycles. The maximum absolute atomic E-state index is 12.1. The fourth-order valence-electron chi connectivity index (χ4n) is 2.31. The molecule has 1 aromatic carbocycles. The Balaban J connectivity index is 0.00000242. The number of hydrogen-bond acceptors (Lipinski definition) is 4. The minimum atomic E-state index is -0.614. The Morgan fingerprint density at radius 1 is 1.32 bits per heavy atom. The monoisotopic (exact) mass is 347 g/mol. The number of amides is 2. The first-order chi connectivity index (χ1) is 9.99. The third-order valence-electron chi connectivity index (χ3n) is 3.58. The van der Waals surface area contributed by atoms with Crippen LogP contribution < -0.4 is 16.8 Å². The molecule has 8 heteroatoms. The first kappa shape index (κ1) is 18.7. The Bertz CT molecular complexity index is 548. The second kappa shape index (κ2) is 8.33. The Morgan fingerprint density at radius 3 is 2.50 bits per heavy atom. The second-order valence-electron chi connectivity index (χ2n) is 5.02. The lowest BCUT2D eigenvalue weighted by molar-refractivity contribution is -0.119. The SMILES string of the molecule is Cl.NC(=O)c1ccc(NC(=O)C(N)C2CCOCC2)cc1Cl. The molecule has 1 saturated heterocycles. The number of carbonyl (C=O) groups is 2. The summed E-state index contributed by atoms with van der Waals surface area (Å²) in [6.45, 7) is 1.26. The highest BCUT2D eigenvalue weighted by Crippen LogP contribution is 2.22. The number of primary amides is 1. The maximum atomic E-state index is 12.1. The minimum absolute atomic E-state index is 0. The van der Waals surface area contributed by atoms with Gasteiger partial charge in [0.15, 0.2) is 0 Å². The van der Waals surface area contributed by atoms with Crippen molar-refractivity contribution in [3.63, 3.8) is 0 Å². The molecule has 6 nitrogen and oxygen atoms in total. The molecule has 0 bridgehead atoms. The summed E-state index contributed by atoms with van der Waals surface area (Å²) in [6, 6.07) is 3.93. The number of benzene rings is 1. The van der Waals surface area contributed by atoms with E-state index in [1.807, 2.05) is 0 Å². The summed E-state index contributed by atoms with van der Waals surface area (Å²) in [5, 5.41) is 2.90. The molecule has 1 atom stereocenters. The van der Waals surface area contributed by atoms with Gasteiger partial charge in [0, 0.05) is 18.9 Å². The minimum Gasteiger partial charge on any atom is -0.381 e. The molecule has 1 unspecified atom stereocenters.